The van der Waals surface area contributed by atoms with Crippen LogP contribution in [0.25, 0.3) is 5.52 Å². The molecule has 0 radical (unpaired) electrons. The second-order valence-electron chi connectivity index (χ2n) is 5.31. The molecule has 0 atom stereocenters. The molecule has 1 aliphatic heterocycles. The Balaban J connectivity index is 2.16. The number of nitrogens with one attached hydrogen (secondary N) is 1. The van der Waals surface area contributed by atoms with Crippen LogP contribution in [-0.4, -0.2) is 46.6 Å². The summed E-state index contributed by atoms with van der Waals surface area (Å²) >= 11 is 0. The molecule has 1 saturated heterocycles. The molecule has 3 rings (SSSR count). The molecule has 0 saturated carbocycles. The number of rotatable bonds is 3. The zero-order chi connectivity index (χ0) is 15.7. The van der Waals surface area contributed by atoms with E-state index in [4.69, 9.17) is 4.74 Å². The van der Waals surface area contributed by atoms with Gasteiger partial charge in [0.05, 0.1) is 18.2 Å². The second kappa shape index (κ2) is 5.76. The zero-order valence-electron chi connectivity index (χ0n) is 12.2. The van der Waals surface area contributed by atoms with Gasteiger partial charge < -0.3 is 19.6 Å². The SMILES string of the molecule is COC(=O)c1ccc2c(C(=O)O)nc(C3CCNCC3)n2c1. The van der Waals surface area contributed by atoms with E-state index in [1.165, 1.54) is 7.11 Å². The summed E-state index contributed by atoms with van der Waals surface area (Å²) in [5.74, 6) is -0.651. The molecule has 0 unspecified atom stereocenters. The quantitative estimate of drug-likeness (QED) is 0.830. The molecule has 0 spiro atoms. The summed E-state index contributed by atoms with van der Waals surface area (Å²) in [7, 11) is 1.32. The number of hydrogen-bond donors (Lipinski definition) is 2. The van der Waals surface area contributed by atoms with E-state index in [-0.39, 0.29) is 11.6 Å². The zero-order valence-corrected chi connectivity index (χ0v) is 12.2. The number of methoxy groups -OCH3 is 1. The first-order chi connectivity index (χ1) is 10.6. The lowest BCUT2D eigenvalue weighted by molar-refractivity contribution is 0.0599. The highest BCUT2D eigenvalue weighted by atomic mass is 16.5. The number of ether oxygens (including phenoxy) is 1. The van der Waals surface area contributed by atoms with Crippen molar-refractivity contribution in [2.24, 2.45) is 0 Å². The summed E-state index contributed by atoms with van der Waals surface area (Å²) in [4.78, 5) is 27.4. The van der Waals surface area contributed by atoms with Gasteiger partial charge in [-0.2, -0.15) is 0 Å². The summed E-state index contributed by atoms with van der Waals surface area (Å²) < 4.78 is 6.44. The lowest BCUT2D eigenvalue weighted by Crippen LogP contribution is -2.27. The predicted molar refractivity (Wildman–Crippen MR) is 78.3 cm³/mol. The van der Waals surface area contributed by atoms with Crippen molar-refractivity contribution in [1.82, 2.24) is 14.7 Å². The van der Waals surface area contributed by atoms with Gasteiger partial charge >= 0.3 is 11.9 Å². The average Bonchev–Trinajstić information content (AvgIpc) is 2.94. The second-order valence-corrected chi connectivity index (χ2v) is 5.31. The van der Waals surface area contributed by atoms with Crippen LogP contribution in [0.1, 0.15) is 45.4 Å². The summed E-state index contributed by atoms with van der Waals surface area (Å²) in [5, 5.41) is 12.6. The normalized spacial score (nSPS) is 15.9. The fourth-order valence-corrected chi connectivity index (χ4v) is 2.87. The fourth-order valence-electron chi connectivity index (χ4n) is 2.87. The molecule has 1 aliphatic rings. The van der Waals surface area contributed by atoms with Crippen LogP contribution in [0.2, 0.25) is 0 Å². The molecule has 0 aromatic carbocycles. The van der Waals surface area contributed by atoms with E-state index in [9.17, 15) is 14.7 Å². The number of carbonyl (C=O) groups is 2. The van der Waals surface area contributed by atoms with Gasteiger partial charge in [0.15, 0.2) is 5.69 Å². The average molecular weight is 303 g/mol. The van der Waals surface area contributed by atoms with Crippen LogP contribution < -0.4 is 5.32 Å². The summed E-state index contributed by atoms with van der Waals surface area (Å²) in [6.07, 6.45) is 3.39. The van der Waals surface area contributed by atoms with Crippen molar-refractivity contribution in [3.8, 4) is 0 Å². The number of carboxylic acid groups (broad SMARTS) is 1. The summed E-state index contributed by atoms with van der Waals surface area (Å²) in [6.45, 7) is 1.75. The van der Waals surface area contributed by atoms with Crippen LogP contribution in [0.5, 0.6) is 0 Å². The lowest BCUT2D eigenvalue weighted by Gasteiger charge is -2.21. The van der Waals surface area contributed by atoms with Crippen molar-refractivity contribution in [3.63, 3.8) is 0 Å². The van der Waals surface area contributed by atoms with Crippen LogP contribution >= 0.6 is 0 Å². The van der Waals surface area contributed by atoms with Crippen molar-refractivity contribution in [3.05, 3.63) is 35.4 Å². The summed E-state index contributed by atoms with van der Waals surface area (Å²) in [6, 6.07) is 3.16. The highest BCUT2D eigenvalue weighted by Crippen LogP contribution is 2.27. The number of fused-ring (bicyclic) bond motifs is 1. The summed E-state index contributed by atoms with van der Waals surface area (Å²) in [5.41, 5.74) is 0.887. The Morgan fingerprint density at radius 3 is 2.73 bits per heavy atom. The Hall–Kier alpha value is -2.41. The first kappa shape index (κ1) is 14.5. The number of aromatic nitrogens is 2. The van der Waals surface area contributed by atoms with Crippen molar-refractivity contribution in [2.45, 2.75) is 18.8 Å². The highest BCUT2D eigenvalue weighted by molar-refractivity contribution is 5.95. The van der Waals surface area contributed by atoms with E-state index in [1.807, 2.05) is 0 Å². The number of aromatic carboxylic acids is 1. The Bertz CT molecular complexity index is 732. The molecular formula is C15H17N3O4. The van der Waals surface area contributed by atoms with E-state index in [0.717, 1.165) is 25.9 Å². The number of esters is 1. The molecule has 3 heterocycles. The van der Waals surface area contributed by atoms with Gasteiger partial charge in [0.25, 0.3) is 0 Å². The van der Waals surface area contributed by atoms with Gasteiger partial charge in [-0.1, -0.05) is 0 Å². The lowest BCUT2D eigenvalue weighted by atomic mass is 9.97. The van der Waals surface area contributed by atoms with Crippen LogP contribution in [0, 0.1) is 0 Å². The molecule has 2 aromatic rings. The molecule has 7 heteroatoms. The van der Waals surface area contributed by atoms with Gasteiger partial charge in [0.1, 0.15) is 5.82 Å². The Morgan fingerprint density at radius 1 is 1.36 bits per heavy atom. The number of hydrogen-bond acceptors (Lipinski definition) is 5. The van der Waals surface area contributed by atoms with Gasteiger partial charge in [-0.05, 0) is 38.1 Å². The Labute approximate surface area is 126 Å². The Morgan fingerprint density at radius 2 is 2.09 bits per heavy atom. The molecule has 7 nitrogen and oxygen atoms in total. The van der Waals surface area contributed by atoms with E-state index in [0.29, 0.717) is 16.9 Å². The molecular weight excluding hydrogens is 286 g/mol. The van der Waals surface area contributed by atoms with Crippen molar-refractivity contribution >= 4 is 17.5 Å². The van der Waals surface area contributed by atoms with E-state index >= 15 is 0 Å². The molecule has 0 amide bonds. The largest absolute Gasteiger partial charge is 0.476 e. The molecule has 2 aromatic heterocycles. The number of carbonyl (C=O) groups excluding carboxylic acids is 1. The van der Waals surface area contributed by atoms with E-state index in [1.54, 1.807) is 22.7 Å². The van der Waals surface area contributed by atoms with Crippen LogP contribution in [0.15, 0.2) is 18.3 Å². The number of imidazole rings is 1. The van der Waals surface area contributed by atoms with Crippen LogP contribution in [0.4, 0.5) is 0 Å². The molecule has 1 fully saturated rings. The first-order valence-electron chi connectivity index (χ1n) is 7.16. The minimum atomic E-state index is -1.07. The van der Waals surface area contributed by atoms with Crippen molar-refractivity contribution in [1.29, 1.82) is 0 Å². The van der Waals surface area contributed by atoms with Gasteiger partial charge in [-0.25, -0.2) is 14.6 Å². The number of nitrogens with zero attached hydrogens (tertiary/aromatic N) is 2. The third-order valence-corrected chi connectivity index (χ3v) is 3.99. The van der Waals surface area contributed by atoms with Crippen molar-refractivity contribution in [2.75, 3.05) is 20.2 Å². The molecule has 0 aliphatic carbocycles. The standard InChI is InChI=1S/C15H17N3O4/c1-22-15(21)10-2-3-11-12(14(19)20)17-13(18(11)8-10)9-4-6-16-7-5-9/h2-3,8-9,16H,4-7H2,1H3,(H,19,20). The van der Waals surface area contributed by atoms with Gasteiger partial charge in [-0.3, -0.25) is 0 Å². The molecule has 116 valence electrons. The molecule has 2 N–H and O–H groups in total. The predicted octanol–water partition coefficient (Wildman–Crippen LogP) is 1.29. The maximum absolute atomic E-state index is 11.7. The minimum absolute atomic E-state index is 0.0185. The van der Waals surface area contributed by atoms with E-state index < -0.39 is 11.9 Å². The first-order valence-corrected chi connectivity index (χ1v) is 7.16. The number of pyridine rings is 1. The monoisotopic (exact) mass is 303 g/mol. The van der Waals surface area contributed by atoms with Crippen LogP contribution in [0.3, 0.4) is 0 Å². The smallest absolute Gasteiger partial charge is 0.356 e. The fraction of sp³-hybridized carbons (Fsp3) is 0.400. The Kier molecular flexibility index (Phi) is 3.81. The third-order valence-electron chi connectivity index (χ3n) is 3.99. The van der Waals surface area contributed by atoms with Gasteiger partial charge in [-0.15, -0.1) is 0 Å². The topological polar surface area (TPSA) is 92.9 Å². The highest BCUT2D eigenvalue weighted by Gasteiger charge is 2.25. The third kappa shape index (κ3) is 2.43. The number of piperidine rings is 1. The van der Waals surface area contributed by atoms with Gasteiger partial charge in [0.2, 0.25) is 0 Å². The van der Waals surface area contributed by atoms with Gasteiger partial charge in [0, 0.05) is 12.1 Å². The van der Waals surface area contributed by atoms with Crippen molar-refractivity contribution < 1.29 is 19.4 Å². The number of carboxylic acids is 1. The maximum Gasteiger partial charge on any atom is 0.356 e. The maximum atomic E-state index is 11.7. The van der Waals surface area contributed by atoms with E-state index in [2.05, 4.69) is 10.3 Å². The molecule has 22 heavy (non-hydrogen) atoms. The van der Waals surface area contributed by atoms with Crippen LogP contribution in [-0.2, 0) is 4.74 Å². The molecule has 0 bridgehead atoms. The minimum Gasteiger partial charge on any atom is -0.476 e.